The molecular weight excluding hydrogens is 388 g/mol. The van der Waals surface area contributed by atoms with Gasteiger partial charge in [0, 0.05) is 12.2 Å². The van der Waals surface area contributed by atoms with Crippen LogP contribution in [0.2, 0.25) is 0 Å². The predicted molar refractivity (Wildman–Crippen MR) is 116 cm³/mol. The number of carbonyl (C=O) groups is 2. The summed E-state index contributed by atoms with van der Waals surface area (Å²) in [4.78, 5) is 30.8. The second kappa shape index (κ2) is 8.48. The van der Waals surface area contributed by atoms with Gasteiger partial charge in [0.1, 0.15) is 12.1 Å². The molecule has 0 saturated heterocycles. The maximum atomic E-state index is 12.6. The minimum atomic E-state index is -0.653. The molecule has 1 heterocycles. The smallest absolute Gasteiger partial charge is 0.411 e. The van der Waals surface area contributed by atoms with E-state index in [1.54, 1.807) is 32.9 Å². The number of nitrogen functional groups attached to an aromatic ring is 1. The zero-order valence-electron chi connectivity index (χ0n) is 16.6. The lowest BCUT2D eigenvalue weighted by molar-refractivity contribution is -0.117. The summed E-state index contributed by atoms with van der Waals surface area (Å²) in [7, 11) is 0. The molecule has 152 valence electrons. The molecule has 0 aliphatic heterocycles. The van der Waals surface area contributed by atoms with Gasteiger partial charge in [0.15, 0.2) is 5.13 Å². The molecule has 0 atom stereocenters. The van der Waals surface area contributed by atoms with Crippen LogP contribution < -0.4 is 11.1 Å². The van der Waals surface area contributed by atoms with Crippen molar-refractivity contribution >= 4 is 44.4 Å². The Bertz CT molecular complexity index is 1010. The summed E-state index contributed by atoms with van der Waals surface area (Å²) in [5, 5.41) is 3.30. The highest BCUT2D eigenvalue weighted by Crippen LogP contribution is 2.26. The van der Waals surface area contributed by atoms with E-state index in [1.807, 2.05) is 36.4 Å². The minimum absolute atomic E-state index is 0.132. The first-order valence-electron chi connectivity index (χ1n) is 9.17. The van der Waals surface area contributed by atoms with Crippen LogP contribution in [-0.2, 0) is 16.1 Å². The molecule has 0 bridgehead atoms. The van der Waals surface area contributed by atoms with Crippen LogP contribution in [0, 0.1) is 0 Å². The molecule has 8 heteroatoms. The lowest BCUT2D eigenvalue weighted by Crippen LogP contribution is -2.40. The second-order valence-corrected chi connectivity index (χ2v) is 8.67. The number of amides is 2. The fourth-order valence-electron chi connectivity index (χ4n) is 2.71. The van der Waals surface area contributed by atoms with E-state index in [0.717, 1.165) is 15.8 Å². The molecule has 29 heavy (non-hydrogen) atoms. The van der Waals surface area contributed by atoms with E-state index < -0.39 is 11.7 Å². The Labute approximate surface area is 173 Å². The molecule has 3 rings (SSSR count). The number of rotatable bonds is 5. The van der Waals surface area contributed by atoms with Gasteiger partial charge < -0.3 is 15.8 Å². The number of hydrogen-bond donors (Lipinski definition) is 2. The molecule has 0 aliphatic rings. The minimum Gasteiger partial charge on any atom is -0.444 e. The maximum absolute atomic E-state index is 12.6. The summed E-state index contributed by atoms with van der Waals surface area (Å²) in [5.74, 6) is -0.316. The summed E-state index contributed by atoms with van der Waals surface area (Å²) in [6.07, 6.45) is -0.540. The van der Waals surface area contributed by atoms with E-state index >= 15 is 0 Å². The highest BCUT2D eigenvalue weighted by Gasteiger charge is 2.24. The average Bonchev–Trinajstić information content (AvgIpc) is 3.00. The lowest BCUT2D eigenvalue weighted by Gasteiger charge is -2.27. The Morgan fingerprint density at radius 3 is 2.59 bits per heavy atom. The Kier molecular flexibility index (Phi) is 6.03. The summed E-state index contributed by atoms with van der Waals surface area (Å²) < 4.78 is 6.35. The zero-order chi connectivity index (χ0) is 21.0. The first-order valence-corrected chi connectivity index (χ1v) is 9.99. The number of hydrogen-bond acceptors (Lipinski definition) is 6. The van der Waals surface area contributed by atoms with Gasteiger partial charge in [-0.3, -0.25) is 9.69 Å². The Balaban J connectivity index is 1.72. The van der Waals surface area contributed by atoms with Crippen LogP contribution in [0.15, 0.2) is 48.5 Å². The van der Waals surface area contributed by atoms with E-state index in [0.29, 0.717) is 10.8 Å². The van der Waals surface area contributed by atoms with Gasteiger partial charge in [-0.15, -0.1) is 0 Å². The molecule has 0 fully saturated rings. The van der Waals surface area contributed by atoms with E-state index in [9.17, 15) is 9.59 Å². The number of ether oxygens (including phenoxy) is 1. The molecule has 0 saturated carbocycles. The van der Waals surface area contributed by atoms with Crippen LogP contribution in [0.3, 0.4) is 0 Å². The molecule has 3 aromatic rings. The molecule has 3 N–H and O–H groups in total. The van der Waals surface area contributed by atoms with Crippen LogP contribution >= 0.6 is 11.3 Å². The standard InChI is InChI=1S/C21H24N4O3S/c1-21(2,3)28-20(27)25(12-14-7-5-4-6-8-14)13-18(26)23-15-9-10-16-17(11-15)29-19(22)24-16/h4-11H,12-13H2,1-3H3,(H2,22,24)(H,23,26). The summed E-state index contributed by atoms with van der Waals surface area (Å²) >= 11 is 1.35. The van der Waals surface area contributed by atoms with Gasteiger partial charge in [-0.05, 0) is 44.5 Å². The number of nitrogens with one attached hydrogen (secondary N) is 1. The molecule has 0 unspecified atom stereocenters. The van der Waals surface area contributed by atoms with Crippen molar-refractivity contribution < 1.29 is 14.3 Å². The highest BCUT2D eigenvalue weighted by molar-refractivity contribution is 7.22. The molecule has 1 aromatic heterocycles. The van der Waals surface area contributed by atoms with Crippen molar-refractivity contribution in [2.75, 3.05) is 17.6 Å². The van der Waals surface area contributed by atoms with Crippen molar-refractivity contribution in [2.24, 2.45) is 0 Å². The Morgan fingerprint density at radius 2 is 1.90 bits per heavy atom. The van der Waals surface area contributed by atoms with Crippen LogP contribution in [0.25, 0.3) is 10.2 Å². The van der Waals surface area contributed by atoms with Crippen molar-refractivity contribution in [3.8, 4) is 0 Å². The average molecular weight is 413 g/mol. The predicted octanol–water partition coefficient (Wildman–Crippen LogP) is 4.25. The molecular formula is C21H24N4O3S. The Morgan fingerprint density at radius 1 is 1.17 bits per heavy atom. The number of anilines is 2. The molecule has 0 radical (unpaired) electrons. The number of benzene rings is 2. The SMILES string of the molecule is CC(C)(C)OC(=O)N(CC(=O)Nc1ccc2nc(N)sc2c1)Cc1ccccc1. The zero-order valence-corrected chi connectivity index (χ0v) is 17.5. The van der Waals surface area contributed by atoms with E-state index in [2.05, 4.69) is 10.3 Å². The van der Waals surface area contributed by atoms with Crippen molar-refractivity contribution in [3.63, 3.8) is 0 Å². The van der Waals surface area contributed by atoms with Crippen LogP contribution in [0.1, 0.15) is 26.3 Å². The van der Waals surface area contributed by atoms with Crippen molar-refractivity contribution in [1.29, 1.82) is 0 Å². The van der Waals surface area contributed by atoms with Crippen molar-refractivity contribution in [2.45, 2.75) is 32.9 Å². The van der Waals surface area contributed by atoms with E-state index in [-0.39, 0.29) is 19.0 Å². The lowest BCUT2D eigenvalue weighted by atomic mass is 10.2. The number of nitrogens with zero attached hydrogens (tertiary/aromatic N) is 2. The van der Waals surface area contributed by atoms with Crippen LogP contribution in [-0.4, -0.2) is 34.0 Å². The largest absolute Gasteiger partial charge is 0.444 e. The normalized spacial score (nSPS) is 11.3. The number of carbonyl (C=O) groups excluding carboxylic acids is 2. The van der Waals surface area contributed by atoms with Gasteiger partial charge >= 0.3 is 6.09 Å². The van der Waals surface area contributed by atoms with Crippen LogP contribution in [0.5, 0.6) is 0 Å². The quantitative estimate of drug-likeness (QED) is 0.653. The van der Waals surface area contributed by atoms with Crippen LogP contribution in [0.4, 0.5) is 15.6 Å². The molecule has 0 spiro atoms. The van der Waals surface area contributed by atoms with Gasteiger partial charge in [-0.25, -0.2) is 9.78 Å². The van der Waals surface area contributed by atoms with Gasteiger partial charge in [0.2, 0.25) is 5.91 Å². The third-order valence-corrected chi connectivity index (χ3v) is 4.74. The first kappa shape index (κ1) is 20.6. The van der Waals surface area contributed by atoms with Crippen molar-refractivity contribution in [3.05, 3.63) is 54.1 Å². The molecule has 7 nitrogen and oxygen atoms in total. The van der Waals surface area contributed by atoms with Crippen molar-refractivity contribution in [1.82, 2.24) is 9.88 Å². The van der Waals surface area contributed by atoms with Gasteiger partial charge in [0.25, 0.3) is 0 Å². The number of aromatic nitrogens is 1. The monoisotopic (exact) mass is 412 g/mol. The summed E-state index contributed by atoms with van der Waals surface area (Å²) in [5.41, 5.74) is 7.39. The van der Waals surface area contributed by atoms with Gasteiger partial charge in [-0.1, -0.05) is 41.7 Å². The Hall–Kier alpha value is -3.13. The highest BCUT2D eigenvalue weighted by atomic mass is 32.1. The number of fused-ring (bicyclic) bond motifs is 1. The summed E-state index contributed by atoms with van der Waals surface area (Å²) in [6, 6.07) is 14.8. The van der Waals surface area contributed by atoms with Gasteiger partial charge in [-0.2, -0.15) is 0 Å². The molecule has 2 amide bonds. The second-order valence-electron chi connectivity index (χ2n) is 7.60. The number of thiazole rings is 1. The fraction of sp³-hybridized carbons (Fsp3) is 0.286. The van der Waals surface area contributed by atoms with E-state index in [1.165, 1.54) is 16.2 Å². The summed E-state index contributed by atoms with van der Waals surface area (Å²) in [6.45, 7) is 5.52. The topological polar surface area (TPSA) is 97.5 Å². The molecule has 2 aromatic carbocycles. The molecule has 0 aliphatic carbocycles. The first-order chi connectivity index (χ1) is 13.7. The maximum Gasteiger partial charge on any atom is 0.411 e. The van der Waals surface area contributed by atoms with E-state index in [4.69, 9.17) is 10.5 Å². The fourth-order valence-corrected chi connectivity index (χ4v) is 3.48. The number of nitrogens with two attached hydrogens (primary N) is 1. The third-order valence-electron chi connectivity index (χ3n) is 3.89. The van der Waals surface area contributed by atoms with Gasteiger partial charge in [0.05, 0.1) is 10.2 Å². The third kappa shape index (κ3) is 5.92.